The number of aliphatic hydroxyl groups is 1. The SMILES string of the molecule is CN(CCCC(=O)N(C)C)CC(C)(C)O. The lowest BCUT2D eigenvalue weighted by molar-refractivity contribution is -0.128. The van der Waals surface area contributed by atoms with Crippen LogP contribution in [0.15, 0.2) is 0 Å². The van der Waals surface area contributed by atoms with E-state index in [1.54, 1.807) is 32.8 Å². The highest BCUT2D eigenvalue weighted by molar-refractivity contribution is 5.75. The molecule has 15 heavy (non-hydrogen) atoms. The van der Waals surface area contributed by atoms with Crippen molar-refractivity contribution in [2.24, 2.45) is 0 Å². The zero-order chi connectivity index (χ0) is 12.1. The Kier molecular flexibility index (Phi) is 5.83. The summed E-state index contributed by atoms with van der Waals surface area (Å²) in [5.41, 5.74) is -0.666. The van der Waals surface area contributed by atoms with Gasteiger partial charge in [-0.05, 0) is 33.9 Å². The molecule has 1 amide bonds. The first-order chi connectivity index (χ1) is 6.72. The molecule has 0 aromatic heterocycles. The lowest BCUT2D eigenvalue weighted by atomic mass is 10.1. The summed E-state index contributed by atoms with van der Waals surface area (Å²) >= 11 is 0. The molecule has 0 rings (SSSR count). The van der Waals surface area contributed by atoms with Crippen molar-refractivity contribution < 1.29 is 9.90 Å². The first-order valence-corrected chi connectivity index (χ1v) is 5.33. The van der Waals surface area contributed by atoms with Crippen molar-refractivity contribution in [1.29, 1.82) is 0 Å². The van der Waals surface area contributed by atoms with Gasteiger partial charge >= 0.3 is 0 Å². The average Bonchev–Trinajstić information content (AvgIpc) is 2.00. The van der Waals surface area contributed by atoms with Crippen LogP contribution in [0.4, 0.5) is 0 Å². The number of nitrogens with zero attached hydrogens (tertiary/aromatic N) is 2. The molecule has 0 unspecified atom stereocenters. The molecule has 0 radical (unpaired) electrons. The summed E-state index contributed by atoms with van der Waals surface area (Å²) in [4.78, 5) is 14.9. The zero-order valence-corrected chi connectivity index (χ0v) is 10.6. The van der Waals surface area contributed by atoms with Gasteiger partial charge in [-0.1, -0.05) is 0 Å². The van der Waals surface area contributed by atoms with Gasteiger partial charge in [-0.3, -0.25) is 4.79 Å². The van der Waals surface area contributed by atoms with Crippen LogP contribution in [0.2, 0.25) is 0 Å². The van der Waals surface area contributed by atoms with E-state index in [1.165, 1.54) is 0 Å². The van der Waals surface area contributed by atoms with E-state index in [4.69, 9.17) is 0 Å². The normalized spacial score (nSPS) is 11.9. The molecule has 0 aliphatic carbocycles. The van der Waals surface area contributed by atoms with Gasteiger partial charge in [-0.25, -0.2) is 0 Å². The zero-order valence-electron chi connectivity index (χ0n) is 10.6. The Balaban J connectivity index is 3.64. The Bertz CT molecular complexity index is 197. The summed E-state index contributed by atoms with van der Waals surface area (Å²) in [5, 5.41) is 9.57. The summed E-state index contributed by atoms with van der Waals surface area (Å²) in [6, 6.07) is 0. The fourth-order valence-electron chi connectivity index (χ4n) is 1.46. The third-order valence-corrected chi connectivity index (χ3v) is 2.09. The van der Waals surface area contributed by atoms with Crippen molar-refractivity contribution in [3.8, 4) is 0 Å². The molecule has 1 N–H and O–H groups in total. The fraction of sp³-hybridized carbons (Fsp3) is 0.909. The molecule has 0 saturated heterocycles. The molecular weight excluding hydrogens is 192 g/mol. The molecule has 0 saturated carbocycles. The van der Waals surface area contributed by atoms with Crippen molar-refractivity contribution in [2.75, 3.05) is 34.2 Å². The highest BCUT2D eigenvalue weighted by Crippen LogP contribution is 2.04. The molecule has 0 aromatic carbocycles. The molecule has 0 heterocycles. The second-order valence-corrected chi connectivity index (χ2v) is 4.94. The van der Waals surface area contributed by atoms with E-state index in [9.17, 15) is 9.90 Å². The van der Waals surface area contributed by atoms with Gasteiger partial charge in [0, 0.05) is 27.1 Å². The quantitative estimate of drug-likeness (QED) is 0.705. The van der Waals surface area contributed by atoms with Crippen molar-refractivity contribution in [2.45, 2.75) is 32.3 Å². The number of hydrogen-bond donors (Lipinski definition) is 1. The topological polar surface area (TPSA) is 43.8 Å². The minimum atomic E-state index is -0.666. The first-order valence-electron chi connectivity index (χ1n) is 5.33. The van der Waals surface area contributed by atoms with Gasteiger partial charge < -0.3 is 14.9 Å². The summed E-state index contributed by atoms with van der Waals surface area (Å²) in [6.45, 7) is 5.04. The number of hydrogen-bond acceptors (Lipinski definition) is 3. The molecule has 0 spiro atoms. The van der Waals surface area contributed by atoms with Crippen LogP contribution >= 0.6 is 0 Å². The van der Waals surface area contributed by atoms with Crippen molar-refractivity contribution in [3.05, 3.63) is 0 Å². The third kappa shape index (κ3) is 8.39. The standard InChI is InChI=1S/C11H24N2O2/c1-11(2,15)9-13(5)8-6-7-10(14)12(3)4/h15H,6-9H2,1-5H3. The van der Waals surface area contributed by atoms with Gasteiger partial charge in [-0.15, -0.1) is 0 Å². The van der Waals surface area contributed by atoms with Crippen LogP contribution in [-0.4, -0.2) is 60.6 Å². The van der Waals surface area contributed by atoms with Gasteiger partial charge in [-0.2, -0.15) is 0 Å². The maximum atomic E-state index is 11.3. The van der Waals surface area contributed by atoms with E-state index in [-0.39, 0.29) is 5.91 Å². The van der Waals surface area contributed by atoms with E-state index < -0.39 is 5.60 Å². The van der Waals surface area contributed by atoms with Gasteiger partial charge in [0.1, 0.15) is 0 Å². The van der Waals surface area contributed by atoms with E-state index in [2.05, 4.69) is 0 Å². The fourth-order valence-corrected chi connectivity index (χ4v) is 1.46. The Labute approximate surface area is 92.9 Å². The Hall–Kier alpha value is -0.610. The number of carbonyl (C=O) groups excluding carboxylic acids is 1. The second kappa shape index (κ2) is 6.08. The smallest absolute Gasteiger partial charge is 0.222 e. The highest BCUT2D eigenvalue weighted by Gasteiger charge is 2.15. The summed E-state index contributed by atoms with van der Waals surface area (Å²) in [6.07, 6.45) is 1.41. The van der Waals surface area contributed by atoms with Gasteiger partial charge in [0.05, 0.1) is 5.60 Å². The minimum Gasteiger partial charge on any atom is -0.389 e. The van der Waals surface area contributed by atoms with Gasteiger partial charge in [0.15, 0.2) is 0 Å². The van der Waals surface area contributed by atoms with Crippen LogP contribution in [0.1, 0.15) is 26.7 Å². The molecule has 0 aliphatic rings. The monoisotopic (exact) mass is 216 g/mol. The second-order valence-electron chi connectivity index (χ2n) is 4.94. The maximum absolute atomic E-state index is 11.3. The summed E-state index contributed by atoms with van der Waals surface area (Å²) in [7, 11) is 5.49. The molecular formula is C11H24N2O2. The average molecular weight is 216 g/mol. The van der Waals surface area contributed by atoms with Crippen LogP contribution in [0.25, 0.3) is 0 Å². The van der Waals surface area contributed by atoms with Crippen LogP contribution in [0, 0.1) is 0 Å². The van der Waals surface area contributed by atoms with Crippen molar-refractivity contribution in [3.63, 3.8) is 0 Å². The van der Waals surface area contributed by atoms with Crippen molar-refractivity contribution in [1.82, 2.24) is 9.80 Å². The van der Waals surface area contributed by atoms with E-state index in [0.29, 0.717) is 13.0 Å². The predicted molar refractivity (Wildman–Crippen MR) is 61.7 cm³/mol. The Morgan fingerprint density at radius 3 is 2.20 bits per heavy atom. The van der Waals surface area contributed by atoms with Gasteiger partial charge in [0.2, 0.25) is 5.91 Å². The number of amides is 1. The molecule has 0 aromatic rings. The van der Waals surface area contributed by atoms with Crippen LogP contribution in [0.5, 0.6) is 0 Å². The molecule has 0 aliphatic heterocycles. The first kappa shape index (κ1) is 14.4. The molecule has 4 nitrogen and oxygen atoms in total. The summed E-state index contributed by atoms with van der Waals surface area (Å²) < 4.78 is 0. The Morgan fingerprint density at radius 2 is 1.80 bits per heavy atom. The number of carbonyl (C=O) groups is 1. The van der Waals surface area contributed by atoms with Crippen LogP contribution in [-0.2, 0) is 4.79 Å². The number of rotatable bonds is 6. The lowest BCUT2D eigenvalue weighted by Gasteiger charge is -2.25. The van der Waals surface area contributed by atoms with E-state index in [0.717, 1.165) is 13.0 Å². The van der Waals surface area contributed by atoms with Gasteiger partial charge in [0.25, 0.3) is 0 Å². The number of likely N-dealkylation sites (N-methyl/N-ethyl adjacent to an activating group) is 1. The molecule has 0 fully saturated rings. The molecule has 90 valence electrons. The minimum absolute atomic E-state index is 0.159. The molecule has 0 atom stereocenters. The molecule has 0 bridgehead atoms. The summed E-state index contributed by atoms with van der Waals surface area (Å²) in [5.74, 6) is 0.159. The van der Waals surface area contributed by atoms with E-state index in [1.807, 2.05) is 11.9 Å². The predicted octanol–water partition coefficient (Wildman–Crippen LogP) is 0.557. The van der Waals surface area contributed by atoms with Crippen LogP contribution in [0.3, 0.4) is 0 Å². The highest BCUT2D eigenvalue weighted by atomic mass is 16.3. The lowest BCUT2D eigenvalue weighted by Crippen LogP contribution is -2.37. The van der Waals surface area contributed by atoms with Crippen molar-refractivity contribution >= 4 is 5.91 Å². The third-order valence-electron chi connectivity index (χ3n) is 2.09. The van der Waals surface area contributed by atoms with Crippen LogP contribution < -0.4 is 0 Å². The van der Waals surface area contributed by atoms with E-state index >= 15 is 0 Å². The largest absolute Gasteiger partial charge is 0.389 e. The maximum Gasteiger partial charge on any atom is 0.222 e. The molecule has 4 heteroatoms. The Morgan fingerprint density at radius 1 is 1.27 bits per heavy atom.